The summed E-state index contributed by atoms with van der Waals surface area (Å²) >= 11 is 3.60. The van der Waals surface area contributed by atoms with Gasteiger partial charge in [0.2, 0.25) is 0 Å². The van der Waals surface area contributed by atoms with Crippen molar-refractivity contribution >= 4 is 43.7 Å². The van der Waals surface area contributed by atoms with Crippen LogP contribution in [-0.4, -0.2) is 32.6 Å². The normalized spacial score (nSPS) is 11.6. The zero-order valence-corrected chi connectivity index (χ0v) is 16.9. The molecule has 2 heterocycles. The highest BCUT2D eigenvalue weighted by Gasteiger charge is 2.14. The van der Waals surface area contributed by atoms with Gasteiger partial charge in [-0.25, -0.2) is 4.79 Å². The van der Waals surface area contributed by atoms with Crippen molar-refractivity contribution in [1.29, 1.82) is 0 Å². The Morgan fingerprint density at radius 2 is 1.93 bits per heavy atom. The minimum absolute atomic E-state index is 0.263. The minimum Gasteiger partial charge on any atom is -0.465 e. The lowest BCUT2D eigenvalue weighted by Gasteiger charge is -2.12. The molecule has 4 rings (SSSR count). The molecule has 138 valence electrons. The first-order chi connectivity index (χ1) is 13.0. The fourth-order valence-corrected chi connectivity index (χ4v) is 3.89. The Morgan fingerprint density at radius 1 is 1.15 bits per heavy atom. The number of rotatable bonds is 4. The molecule has 0 saturated heterocycles. The second kappa shape index (κ2) is 6.81. The summed E-state index contributed by atoms with van der Waals surface area (Å²) in [6.07, 6.45) is 3.67. The summed E-state index contributed by atoms with van der Waals surface area (Å²) in [5, 5.41) is 11.1. The molecule has 0 amide bonds. The number of fused-ring (bicyclic) bond motifs is 2. The molecule has 0 fully saturated rings. The molecule has 4 aromatic rings. The third-order valence-electron chi connectivity index (χ3n) is 4.61. The highest BCUT2D eigenvalue weighted by molar-refractivity contribution is 9.10. The van der Waals surface area contributed by atoms with Crippen LogP contribution < -0.4 is 0 Å². The molecular formula is C20H19BrN4O2. The van der Waals surface area contributed by atoms with Gasteiger partial charge < -0.3 is 4.74 Å². The highest BCUT2D eigenvalue weighted by atomic mass is 79.9. The van der Waals surface area contributed by atoms with E-state index in [0.717, 1.165) is 31.8 Å². The quantitative estimate of drug-likeness (QED) is 0.448. The summed E-state index contributed by atoms with van der Waals surface area (Å²) in [6, 6.07) is 9.93. The molecule has 6 nitrogen and oxygen atoms in total. The van der Waals surface area contributed by atoms with E-state index < -0.39 is 0 Å². The average Bonchev–Trinajstić information content (AvgIpc) is 3.25. The lowest BCUT2D eigenvalue weighted by molar-refractivity contribution is 0.0601. The van der Waals surface area contributed by atoms with Crippen molar-refractivity contribution < 1.29 is 9.53 Å². The molecule has 27 heavy (non-hydrogen) atoms. The SMILES string of the molecule is COC(=O)c1ccc2c(cnn2Cc2cc(Br)cc3cnn(C(C)C)c23)c1. The van der Waals surface area contributed by atoms with E-state index >= 15 is 0 Å². The number of carbonyl (C=O) groups excluding carboxylic acids is 1. The Labute approximate surface area is 164 Å². The average molecular weight is 427 g/mol. The van der Waals surface area contributed by atoms with Crippen molar-refractivity contribution in [2.75, 3.05) is 7.11 Å². The predicted molar refractivity (Wildman–Crippen MR) is 108 cm³/mol. The highest BCUT2D eigenvalue weighted by Crippen LogP contribution is 2.28. The van der Waals surface area contributed by atoms with E-state index in [2.05, 4.69) is 52.1 Å². The molecule has 2 aromatic carbocycles. The van der Waals surface area contributed by atoms with Crippen LogP contribution in [0.25, 0.3) is 21.8 Å². The molecule has 0 unspecified atom stereocenters. The molecular weight excluding hydrogens is 408 g/mol. The largest absolute Gasteiger partial charge is 0.465 e. The van der Waals surface area contributed by atoms with E-state index in [4.69, 9.17) is 4.74 Å². The van der Waals surface area contributed by atoms with Gasteiger partial charge in [-0.2, -0.15) is 10.2 Å². The van der Waals surface area contributed by atoms with Crippen LogP contribution in [0.4, 0.5) is 0 Å². The lowest BCUT2D eigenvalue weighted by Crippen LogP contribution is -2.08. The van der Waals surface area contributed by atoms with Crippen LogP contribution in [0.5, 0.6) is 0 Å². The summed E-state index contributed by atoms with van der Waals surface area (Å²) in [6.45, 7) is 4.85. The molecule has 0 N–H and O–H groups in total. The molecule has 0 radical (unpaired) electrons. The van der Waals surface area contributed by atoms with Gasteiger partial charge >= 0.3 is 5.97 Å². The zero-order valence-electron chi connectivity index (χ0n) is 15.3. The third-order valence-corrected chi connectivity index (χ3v) is 5.06. The summed E-state index contributed by atoms with van der Waals surface area (Å²) in [4.78, 5) is 11.7. The summed E-state index contributed by atoms with van der Waals surface area (Å²) in [7, 11) is 1.38. The van der Waals surface area contributed by atoms with Gasteiger partial charge in [0.25, 0.3) is 0 Å². The number of hydrogen-bond acceptors (Lipinski definition) is 4. The standard InChI is InChI=1S/C20H19BrN4O2/c1-12(2)25-19-15(10-23-25)7-17(21)8-16(19)11-24-18-5-4-13(20(26)27-3)6-14(18)9-22-24/h4-10,12H,11H2,1-3H3. The van der Waals surface area contributed by atoms with E-state index in [-0.39, 0.29) is 12.0 Å². The first kappa shape index (κ1) is 17.7. The van der Waals surface area contributed by atoms with E-state index in [1.165, 1.54) is 7.11 Å². The molecule has 0 atom stereocenters. The van der Waals surface area contributed by atoms with Crippen LogP contribution in [0, 0.1) is 0 Å². The van der Waals surface area contributed by atoms with Gasteiger partial charge in [0.05, 0.1) is 42.6 Å². The maximum Gasteiger partial charge on any atom is 0.337 e. The van der Waals surface area contributed by atoms with Gasteiger partial charge in [0.1, 0.15) is 0 Å². The number of hydrogen-bond donors (Lipinski definition) is 0. The molecule has 0 bridgehead atoms. The maximum absolute atomic E-state index is 11.7. The minimum atomic E-state index is -0.348. The number of halogens is 1. The van der Waals surface area contributed by atoms with Gasteiger partial charge in [-0.05, 0) is 44.2 Å². The van der Waals surface area contributed by atoms with Gasteiger partial charge in [0, 0.05) is 26.9 Å². The van der Waals surface area contributed by atoms with E-state index in [9.17, 15) is 4.79 Å². The summed E-state index contributed by atoms with van der Waals surface area (Å²) in [5.74, 6) is -0.348. The molecule has 0 spiro atoms. The van der Waals surface area contributed by atoms with E-state index in [1.54, 1.807) is 18.3 Å². The van der Waals surface area contributed by atoms with Crippen LogP contribution in [0.3, 0.4) is 0 Å². The fraction of sp³-hybridized carbons (Fsp3) is 0.250. The topological polar surface area (TPSA) is 61.9 Å². The Bertz CT molecular complexity index is 1160. The van der Waals surface area contributed by atoms with Gasteiger partial charge in [0.15, 0.2) is 0 Å². The van der Waals surface area contributed by atoms with Crippen LogP contribution in [0.15, 0.2) is 47.2 Å². The Hall–Kier alpha value is -2.67. The first-order valence-corrected chi connectivity index (χ1v) is 9.46. The van der Waals surface area contributed by atoms with E-state index in [0.29, 0.717) is 12.1 Å². The van der Waals surface area contributed by atoms with Gasteiger partial charge in [-0.1, -0.05) is 15.9 Å². The lowest BCUT2D eigenvalue weighted by atomic mass is 10.1. The van der Waals surface area contributed by atoms with Crippen LogP contribution >= 0.6 is 15.9 Å². The maximum atomic E-state index is 11.7. The van der Waals surface area contributed by atoms with Crippen molar-refractivity contribution in [3.63, 3.8) is 0 Å². The molecule has 0 aliphatic rings. The molecule has 2 aromatic heterocycles. The number of ether oxygens (including phenoxy) is 1. The molecule has 0 aliphatic heterocycles. The molecule has 0 aliphatic carbocycles. The van der Waals surface area contributed by atoms with Crippen molar-refractivity contribution in [3.05, 3.63) is 58.3 Å². The number of methoxy groups -OCH3 is 1. The van der Waals surface area contributed by atoms with Crippen LogP contribution in [-0.2, 0) is 11.3 Å². The number of esters is 1. The predicted octanol–water partition coefficient (Wildman–Crippen LogP) is 4.56. The third kappa shape index (κ3) is 3.12. The van der Waals surface area contributed by atoms with Crippen molar-refractivity contribution in [3.8, 4) is 0 Å². The monoisotopic (exact) mass is 426 g/mol. The van der Waals surface area contributed by atoms with Gasteiger partial charge in [-0.3, -0.25) is 9.36 Å². The zero-order chi connectivity index (χ0) is 19.1. The fourth-order valence-electron chi connectivity index (χ4n) is 3.37. The van der Waals surface area contributed by atoms with Crippen LogP contribution in [0.2, 0.25) is 0 Å². The van der Waals surface area contributed by atoms with Crippen molar-refractivity contribution in [1.82, 2.24) is 19.6 Å². The van der Waals surface area contributed by atoms with Crippen LogP contribution in [0.1, 0.15) is 35.8 Å². The smallest absolute Gasteiger partial charge is 0.337 e. The Kier molecular flexibility index (Phi) is 4.47. The van der Waals surface area contributed by atoms with Gasteiger partial charge in [-0.15, -0.1) is 0 Å². The Morgan fingerprint density at radius 3 is 2.67 bits per heavy atom. The molecule has 0 saturated carbocycles. The first-order valence-electron chi connectivity index (χ1n) is 8.67. The summed E-state index contributed by atoms with van der Waals surface area (Å²) < 4.78 is 9.79. The Balaban J connectivity index is 1.80. The number of aromatic nitrogens is 4. The number of benzene rings is 2. The second-order valence-electron chi connectivity index (χ2n) is 6.75. The summed E-state index contributed by atoms with van der Waals surface area (Å²) in [5.41, 5.74) is 3.73. The number of nitrogens with zero attached hydrogens (tertiary/aromatic N) is 4. The molecule has 7 heteroatoms. The number of carbonyl (C=O) groups is 1. The van der Waals surface area contributed by atoms with Crippen molar-refractivity contribution in [2.45, 2.75) is 26.4 Å². The van der Waals surface area contributed by atoms with Crippen molar-refractivity contribution in [2.24, 2.45) is 0 Å². The second-order valence-corrected chi connectivity index (χ2v) is 7.67. The van der Waals surface area contributed by atoms with E-state index in [1.807, 2.05) is 21.6 Å².